The zero-order valence-corrected chi connectivity index (χ0v) is 13.2. The van der Waals surface area contributed by atoms with Gasteiger partial charge in [0, 0.05) is 25.2 Å². The number of aryl methyl sites for hydroxylation is 2. The first kappa shape index (κ1) is 16.3. The quantitative estimate of drug-likeness (QED) is 0.702. The van der Waals surface area contributed by atoms with Gasteiger partial charge >= 0.3 is 0 Å². The molecule has 1 fully saturated rings. The maximum Gasteiger partial charge on any atom is 0.120 e. The van der Waals surface area contributed by atoms with Crippen LogP contribution in [0, 0.1) is 13.8 Å². The van der Waals surface area contributed by atoms with Crippen molar-refractivity contribution in [2.45, 2.75) is 45.8 Å². The monoisotopic (exact) mass is 292 g/mol. The minimum Gasteiger partial charge on any atom is -0.508 e. The predicted molar refractivity (Wildman–Crippen MR) is 85.6 cm³/mol. The lowest BCUT2D eigenvalue weighted by Crippen LogP contribution is -2.37. The molecular weight excluding hydrogens is 264 g/mol. The Morgan fingerprint density at radius 1 is 1.19 bits per heavy atom. The van der Waals surface area contributed by atoms with Crippen molar-refractivity contribution in [1.29, 1.82) is 0 Å². The molecule has 2 rings (SSSR count). The van der Waals surface area contributed by atoms with Gasteiger partial charge in [-0.05, 0) is 63.4 Å². The zero-order chi connectivity index (χ0) is 15.2. The van der Waals surface area contributed by atoms with Crippen LogP contribution < -0.4 is 5.32 Å². The number of aliphatic hydroxyl groups is 1. The summed E-state index contributed by atoms with van der Waals surface area (Å²) in [7, 11) is 0. The van der Waals surface area contributed by atoms with Crippen LogP contribution in [0.3, 0.4) is 0 Å². The fourth-order valence-corrected chi connectivity index (χ4v) is 2.80. The summed E-state index contributed by atoms with van der Waals surface area (Å²) in [4.78, 5) is 2.42. The Labute approximate surface area is 127 Å². The summed E-state index contributed by atoms with van der Waals surface area (Å²) in [5.41, 5.74) is 3.32. The Morgan fingerprint density at radius 2 is 1.86 bits per heavy atom. The van der Waals surface area contributed by atoms with Crippen LogP contribution in [0.4, 0.5) is 0 Å². The summed E-state index contributed by atoms with van der Waals surface area (Å²) in [6.45, 7) is 8.86. The van der Waals surface area contributed by atoms with Crippen LogP contribution in [-0.2, 0) is 6.54 Å². The topological polar surface area (TPSA) is 55.7 Å². The molecular formula is C17H28N2O2. The summed E-state index contributed by atoms with van der Waals surface area (Å²) in [6, 6.07) is 3.90. The van der Waals surface area contributed by atoms with E-state index in [1.54, 1.807) is 0 Å². The third kappa shape index (κ3) is 4.99. The second-order valence-corrected chi connectivity index (χ2v) is 6.17. The molecule has 1 saturated heterocycles. The third-order valence-electron chi connectivity index (χ3n) is 4.40. The molecule has 0 aliphatic carbocycles. The number of benzene rings is 1. The number of hydrogen-bond donors (Lipinski definition) is 3. The van der Waals surface area contributed by atoms with Gasteiger partial charge in [0.15, 0.2) is 0 Å². The van der Waals surface area contributed by atoms with E-state index in [9.17, 15) is 10.2 Å². The lowest BCUT2D eigenvalue weighted by molar-refractivity contribution is 0.0821. The van der Waals surface area contributed by atoms with Crippen molar-refractivity contribution in [1.82, 2.24) is 10.2 Å². The standard InChI is InChI=1S/C17H28N2O2/c1-13-10-15(17(21)11-14(13)2)12-18-6-3-7-19-8-4-16(20)5-9-19/h10-11,16,18,20-21H,3-9,12H2,1-2H3. The molecule has 4 heteroatoms. The van der Waals surface area contributed by atoms with Gasteiger partial charge in [0.1, 0.15) is 5.75 Å². The number of aromatic hydroxyl groups is 1. The molecule has 0 atom stereocenters. The average Bonchev–Trinajstić information content (AvgIpc) is 2.46. The van der Waals surface area contributed by atoms with Crippen molar-refractivity contribution in [2.24, 2.45) is 0 Å². The molecule has 21 heavy (non-hydrogen) atoms. The Balaban J connectivity index is 1.65. The summed E-state index contributed by atoms with van der Waals surface area (Å²) in [5, 5.41) is 22.8. The van der Waals surface area contributed by atoms with Crippen molar-refractivity contribution >= 4 is 0 Å². The lowest BCUT2D eigenvalue weighted by atomic mass is 10.1. The van der Waals surface area contributed by atoms with E-state index in [0.29, 0.717) is 12.3 Å². The highest BCUT2D eigenvalue weighted by atomic mass is 16.3. The van der Waals surface area contributed by atoms with Gasteiger partial charge in [-0.25, -0.2) is 0 Å². The molecule has 118 valence electrons. The van der Waals surface area contributed by atoms with Gasteiger partial charge in [-0.2, -0.15) is 0 Å². The number of likely N-dealkylation sites (tertiary alicyclic amines) is 1. The van der Waals surface area contributed by atoms with E-state index in [0.717, 1.165) is 56.6 Å². The van der Waals surface area contributed by atoms with E-state index in [2.05, 4.69) is 23.2 Å². The number of aliphatic hydroxyl groups excluding tert-OH is 1. The zero-order valence-electron chi connectivity index (χ0n) is 13.2. The normalized spacial score (nSPS) is 17.3. The summed E-state index contributed by atoms with van der Waals surface area (Å²) >= 11 is 0. The van der Waals surface area contributed by atoms with Crippen LogP contribution in [0.2, 0.25) is 0 Å². The minimum atomic E-state index is -0.0906. The van der Waals surface area contributed by atoms with Crippen molar-refractivity contribution in [3.63, 3.8) is 0 Å². The maximum absolute atomic E-state index is 9.93. The SMILES string of the molecule is Cc1cc(O)c(CNCCCN2CCC(O)CC2)cc1C. The van der Waals surface area contributed by atoms with Gasteiger partial charge in [-0.15, -0.1) is 0 Å². The number of nitrogens with one attached hydrogen (secondary N) is 1. The Bertz CT molecular complexity index is 454. The van der Waals surface area contributed by atoms with Crippen molar-refractivity contribution in [2.75, 3.05) is 26.2 Å². The van der Waals surface area contributed by atoms with Crippen LogP contribution in [0.25, 0.3) is 0 Å². The first-order valence-corrected chi connectivity index (χ1v) is 7.96. The van der Waals surface area contributed by atoms with Gasteiger partial charge in [0.2, 0.25) is 0 Å². The molecule has 0 aromatic heterocycles. The number of nitrogens with zero attached hydrogens (tertiary/aromatic N) is 1. The summed E-state index contributed by atoms with van der Waals surface area (Å²) in [6.07, 6.45) is 2.82. The molecule has 1 aliphatic heterocycles. The van der Waals surface area contributed by atoms with E-state index in [4.69, 9.17) is 0 Å². The molecule has 0 spiro atoms. The predicted octanol–water partition coefficient (Wildman–Crippen LogP) is 1.95. The van der Waals surface area contributed by atoms with Gasteiger partial charge in [-0.3, -0.25) is 0 Å². The fraction of sp³-hybridized carbons (Fsp3) is 0.647. The summed E-state index contributed by atoms with van der Waals surface area (Å²) in [5.74, 6) is 0.385. The molecule has 0 bridgehead atoms. The van der Waals surface area contributed by atoms with Crippen molar-refractivity contribution < 1.29 is 10.2 Å². The maximum atomic E-state index is 9.93. The van der Waals surface area contributed by atoms with Gasteiger partial charge in [0.05, 0.1) is 6.10 Å². The molecule has 0 unspecified atom stereocenters. The first-order chi connectivity index (χ1) is 10.1. The fourth-order valence-electron chi connectivity index (χ4n) is 2.80. The van der Waals surface area contributed by atoms with E-state index in [-0.39, 0.29) is 6.10 Å². The number of phenolic OH excluding ortho intramolecular Hbond substituents is 1. The van der Waals surface area contributed by atoms with E-state index in [1.807, 2.05) is 13.0 Å². The van der Waals surface area contributed by atoms with Crippen molar-refractivity contribution in [3.8, 4) is 5.75 Å². The number of piperidine rings is 1. The molecule has 1 aromatic carbocycles. The van der Waals surface area contributed by atoms with Crippen LogP contribution in [0.15, 0.2) is 12.1 Å². The first-order valence-electron chi connectivity index (χ1n) is 7.96. The Hall–Kier alpha value is -1.10. The second-order valence-electron chi connectivity index (χ2n) is 6.17. The lowest BCUT2D eigenvalue weighted by Gasteiger charge is -2.29. The van der Waals surface area contributed by atoms with Crippen LogP contribution in [0.5, 0.6) is 5.75 Å². The largest absolute Gasteiger partial charge is 0.508 e. The van der Waals surface area contributed by atoms with Crippen molar-refractivity contribution in [3.05, 3.63) is 28.8 Å². The summed E-state index contributed by atoms with van der Waals surface area (Å²) < 4.78 is 0. The number of phenols is 1. The number of hydrogen-bond acceptors (Lipinski definition) is 4. The van der Waals surface area contributed by atoms with E-state index < -0.39 is 0 Å². The van der Waals surface area contributed by atoms with Gasteiger partial charge in [-0.1, -0.05) is 6.07 Å². The van der Waals surface area contributed by atoms with Gasteiger partial charge < -0.3 is 20.4 Å². The van der Waals surface area contributed by atoms with Gasteiger partial charge in [0.25, 0.3) is 0 Å². The van der Waals surface area contributed by atoms with Crippen LogP contribution >= 0.6 is 0 Å². The van der Waals surface area contributed by atoms with E-state index >= 15 is 0 Å². The molecule has 0 amide bonds. The van der Waals surface area contributed by atoms with E-state index in [1.165, 1.54) is 5.56 Å². The Morgan fingerprint density at radius 3 is 2.57 bits per heavy atom. The molecule has 0 saturated carbocycles. The van der Waals surface area contributed by atoms with Crippen LogP contribution in [-0.4, -0.2) is 47.4 Å². The third-order valence-corrected chi connectivity index (χ3v) is 4.40. The molecule has 3 N–H and O–H groups in total. The minimum absolute atomic E-state index is 0.0906. The molecule has 0 radical (unpaired) electrons. The Kier molecular flexibility index (Phi) is 6.03. The highest BCUT2D eigenvalue weighted by molar-refractivity contribution is 5.40. The molecule has 1 aromatic rings. The molecule has 1 heterocycles. The highest BCUT2D eigenvalue weighted by Crippen LogP contribution is 2.21. The second kappa shape index (κ2) is 7.78. The van der Waals surface area contributed by atoms with Crippen LogP contribution in [0.1, 0.15) is 36.0 Å². The molecule has 1 aliphatic rings. The molecule has 4 nitrogen and oxygen atoms in total. The average molecular weight is 292 g/mol. The smallest absolute Gasteiger partial charge is 0.120 e. The number of rotatable bonds is 6. The highest BCUT2D eigenvalue weighted by Gasteiger charge is 2.15.